The van der Waals surface area contributed by atoms with E-state index in [9.17, 15) is 9.90 Å². The molecule has 17 heavy (non-hydrogen) atoms. The van der Waals surface area contributed by atoms with Crippen molar-refractivity contribution in [2.45, 2.75) is 32.1 Å². The van der Waals surface area contributed by atoms with Crippen LogP contribution < -0.4 is 0 Å². The second-order valence-electron chi connectivity index (χ2n) is 3.82. The number of carboxylic acids is 1. The second kappa shape index (κ2) is 6.48. The van der Waals surface area contributed by atoms with Gasteiger partial charge in [0.25, 0.3) is 0 Å². The number of benzene rings is 1. The van der Waals surface area contributed by atoms with Gasteiger partial charge >= 0.3 is 5.97 Å². The van der Waals surface area contributed by atoms with Gasteiger partial charge in [0.05, 0.1) is 5.92 Å². The van der Waals surface area contributed by atoms with Gasteiger partial charge in [-0.05, 0) is 18.6 Å². The van der Waals surface area contributed by atoms with Crippen LogP contribution in [0.3, 0.4) is 0 Å². The number of hydrogen-bond donors (Lipinski definition) is 1. The summed E-state index contributed by atoms with van der Waals surface area (Å²) in [5.41, 5.74) is 0.457. The average molecular weight is 296 g/mol. The Morgan fingerprint density at radius 3 is 2.24 bits per heavy atom. The van der Waals surface area contributed by atoms with E-state index >= 15 is 0 Å². The minimum Gasteiger partial charge on any atom is -0.481 e. The molecule has 5 heteroatoms. The number of hydrogen-bond acceptors (Lipinski definition) is 1. The summed E-state index contributed by atoms with van der Waals surface area (Å²) in [6.07, 6.45) is 2.26. The number of rotatable bonds is 5. The quantitative estimate of drug-likeness (QED) is 0.829. The molecule has 0 amide bonds. The van der Waals surface area contributed by atoms with Crippen LogP contribution in [0, 0.1) is 0 Å². The van der Waals surface area contributed by atoms with Gasteiger partial charge in [-0.3, -0.25) is 4.79 Å². The van der Waals surface area contributed by atoms with E-state index in [0.29, 0.717) is 27.1 Å². The molecule has 0 radical (unpaired) electrons. The van der Waals surface area contributed by atoms with Crippen LogP contribution >= 0.6 is 34.8 Å². The highest BCUT2D eigenvalue weighted by molar-refractivity contribution is 6.39. The van der Waals surface area contributed by atoms with Crippen molar-refractivity contribution in [2.75, 3.05) is 0 Å². The van der Waals surface area contributed by atoms with Crippen LogP contribution in [0.4, 0.5) is 0 Å². The van der Waals surface area contributed by atoms with Crippen molar-refractivity contribution in [3.63, 3.8) is 0 Å². The van der Waals surface area contributed by atoms with E-state index in [4.69, 9.17) is 34.8 Å². The smallest absolute Gasteiger partial charge is 0.311 e. The summed E-state index contributed by atoms with van der Waals surface area (Å²) in [6.45, 7) is 2.00. The third-order valence-electron chi connectivity index (χ3n) is 2.54. The number of carboxylic acid groups (broad SMARTS) is 1. The molecule has 1 N–H and O–H groups in total. The van der Waals surface area contributed by atoms with Gasteiger partial charge in [0.15, 0.2) is 0 Å². The molecule has 0 aliphatic heterocycles. The summed E-state index contributed by atoms with van der Waals surface area (Å²) in [7, 11) is 0. The van der Waals surface area contributed by atoms with Gasteiger partial charge in [-0.15, -0.1) is 0 Å². The van der Waals surface area contributed by atoms with Gasteiger partial charge in [-0.1, -0.05) is 54.6 Å². The van der Waals surface area contributed by atoms with E-state index < -0.39 is 11.9 Å². The first kappa shape index (κ1) is 14.6. The largest absolute Gasteiger partial charge is 0.481 e. The molecular formula is C12H13Cl3O2. The molecule has 0 saturated carbocycles. The van der Waals surface area contributed by atoms with Crippen LogP contribution in [0.25, 0.3) is 0 Å². The highest BCUT2D eigenvalue weighted by Crippen LogP contribution is 2.36. The molecule has 1 atom stereocenters. The third kappa shape index (κ3) is 3.77. The van der Waals surface area contributed by atoms with Crippen LogP contribution in [-0.2, 0) is 4.79 Å². The first-order chi connectivity index (χ1) is 7.97. The Bertz CT molecular complexity index is 395. The van der Waals surface area contributed by atoms with Crippen molar-refractivity contribution in [3.05, 3.63) is 32.8 Å². The lowest BCUT2D eigenvalue weighted by molar-refractivity contribution is -0.139. The fourth-order valence-electron chi connectivity index (χ4n) is 1.69. The molecule has 2 nitrogen and oxygen atoms in total. The fourth-order valence-corrected chi connectivity index (χ4v) is 2.77. The summed E-state index contributed by atoms with van der Waals surface area (Å²) in [5.74, 6) is -1.59. The predicted molar refractivity (Wildman–Crippen MR) is 71.4 cm³/mol. The van der Waals surface area contributed by atoms with Crippen LogP contribution in [0.15, 0.2) is 12.1 Å². The van der Waals surface area contributed by atoms with Crippen molar-refractivity contribution < 1.29 is 9.90 Å². The van der Waals surface area contributed by atoms with Gasteiger partial charge in [-0.25, -0.2) is 0 Å². The first-order valence-corrected chi connectivity index (χ1v) is 6.48. The van der Waals surface area contributed by atoms with Gasteiger partial charge < -0.3 is 5.11 Å². The molecule has 0 saturated heterocycles. The highest BCUT2D eigenvalue weighted by atomic mass is 35.5. The van der Waals surface area contributed by atoms with Crippen LogP contribution in [0.1, 0.15) is 37.7 Å². The minimum absolute atomic E-state index is 0.311. The Kier molecular flexibility index (Phi) is 5.57. The van der Waals surface area contributed by atoms with Crippen LogP contribution in [0.5, 0.6) is 0 Å². The van der Waals surface area contributed by atoms with E-state index in [1.165, 1.54) is 12.1 Å². The predicted octanol–water partition coefficient (Wildman–Crippen LogP) is 5.01. The summed E-state index contributed by atoms with van der Waals surface area (Å²) < 4.78 is 0. The summed E-state index contributed by atoms with van der Waals surface area (Å²) in [6, 6.07) is 3.04. The van der Waals surface area contributed by atoms with Crippen LogP contribution in [0.2, 0.25) is 15.1 Å². The number of aliphatic carboxylic acids is 1. The molecule has 1 aromatic carbocycles. The van der Waals surface area contributed by atoms with Gasteiger partial charge in [0.2, 0.25) is 0 Å². The molecule has 0 heterocycles. The Labute approximate surface area is 115 Å². The van der Waals surface area contributed by atoms with E-state index in [-0.39, 0.29) is 0 Å². The van der Waals surface area contributed by atoms with Crippen molar-refractivity contribution in [2.24, 2.45) is 0 Å². The zero-order valence-electron chi connectivity index (χ0n) is 9.34. The maximum absolute atomic E-state index is 11.2. The molecule has 0 aliphatic carbocycles. The zero-order valence-corrected chi connectivity index (χ0v) is 11.6. The standard InChI is InChI=1S/C12H13Cl3O2/c1-2-3-4-8(12(16)17)11-9(14)5-7(13)6-10(11)15/h5-6,8H,2-4H2,1H3,(H,16,17). The Morgan fingerprint density at radius 2 is 1.82 bits per heavy atom. The Balaban J connectivity index is 3.14. The zero-order chi connectivity index (χ0) is 13.0. The molecule has 94 valence electrons. The molecule has 0 bridgehead atoms. The molecule has 1 unspecified atom stereocenters. The lowest BCUT2D eigenvalue weighted by atomic mass is 9.93. The lowest BCUT2D eigenvalue weighted by Crippen LogP contribution is -2.12. The third-order valence-corrected chi connectivity index (χ3v) is 3.38. The number of unbranched alkanes of at least 4 members (excludes halogenated alkanes) is 1. The Morgan fingerprint density at radius 1 is 1.29 bits per heavy atom. The summed E-state index contributed by atoms with van der Waals surface area (Å²) >= 11 is 17.8. The minimum atomic E-state index is -0.912. The number of carbonyl (C=O) groups is 1. The topological polar surface area (TPSA) is 37.3 Å². The van der Waals surface area contributed by atoms with Crippen LogP contribution in [-0.4, -0.2) is 11.1 Å². The molecule has 1 aromatic rings. The number of halogens is 3. The molecule has 0 aliphatic rings. The van der Waals surface area contributed by atoms with E-state index in [1.807, 2.05) is 6.92 Å². The Hall–Kier alpha value is -0.440. The molecular weight excluding hydrogens is 282 g/mol. The molecule has 0 spiro atoms. The average Bonchev–Trinajstić information content (AvgIpc) is 2.20. The maximum Gasteiger partial charge on any atom is 0.311 e. The first-order valence-electron chi connectivity index (χ1n) is 5.34. The lowest BCUT2D eigenvalue weighted by Gasteiger charge is -2.16. The van der Waals surface area contributed by atoms with Gasteiger partial charge in [0.1, 0.15) is 0 Å². The second-order valence-corrected chi connectivity index (χ2v) is 5.07. The van der Waals surface area contributed by atoms with E-state index in [1.54, 1.807) is 0 Å². The summed E-state index contributed by atoms with van der Waals surface area (Å²) in [5, 5.41) is 10.2. The summed E-state index contributed by atoms with van der Waals surface area (Å²) in [4.78, 5) is 11.2. The highest BCUT2D eigenvalue weighted by Gasteiger charge is 2.24. The van der Waals surface area contributed by atoms with Gasteiger partial charge in [0, 0.05) is 20.6 Å². The molecule has 0 aromatic heterocycles. The molecule has 1 rings (SSSR count). The van der Waals surface area contributed by atoms with Gasteiger partial charge in [-0.2, -0.15) is 0 Å². The maximum atomic E-state index is 11.2. The van der Waals surface area contributed by atoms with Crippen molar-refractivity contribution >= 4 is 40.8 Å². The normalized spacial score (nSPS) is 12.5. The van der Waals surface area contributed by atoms with E-state index in [0.717, 1.165) is 12.8 Å². The van der Waals surface area contributed by atoms with Crippen molar-refractivity contribution in [1.29, 1.82) is 0 Å². The van der Waals surface area contributed by atoms with Crippen molar-refractivity contribution in [1.82, 2.24) is 0 Å². The molecule has 0 fully saturated rings. The SMILES string of the molecule is CCCCC(C(=O)O)c1c(Cl)cc(Cl)cc1Cl. The van der Waals surface area contributed by atoms with E-state index in [2.05, 4.69) is 0 Å². The monoisotopic (exact) mass is 294 g/mol. The fraction of sp³-hybridized carbons (Fsp3) is 0.417. The van der Waals surface area contributed by atoms with Crippen molar-refractivity contribution in [3.8, 4) is 0 Å².